The third kappa shape index (κ3) is 7.47. The summed E-state index contributed by atoms with van der Waals surface area (Å²) in [6.45, 7) is 5.84. The van der Waals surface area contributed by atoms with Gasteiger partial charge in [-0.1, -0.05) is 13.0 Å². The first kappa shape index (κ1) is 25.7. The molecule has 2 aromatic rings. The molecule has 0 aliphatic rings. The highest BCUT2D eigenvalue weighted by Gasteiger charge is 2.09. The largest absolute Gasteiger partial charge is 0.493 e. The second-order valence-electron chi connectivity index (χ2n) is 6.18. The molecule has 0 aliphatic carbocycles. The Bertz CT molecular complexity index is 815. The Morgan fingerprint density at radius 1 is 0.900 bits per heavy atom. The quantitative estimate of drug-likeness (QED) is 0.264. The van der Waals surface area contributed by atoms with E-state index in [1.54, 1.807) is 21.3 Å². The monoisotopic (exact) mass is 529 g/mol. The minimum atomic E-state index is 0. The average Bonchev–Trinajstić information content (AvgIpc) is 2.76. The molecule has 30 heavy (non-hydrogen) atoms. The van der Waals surface area contributed by atoms with Crippen molar-refractivity contribution in [2.75, 3.05) is 39.8 Å². The Hall–Kier alpha value is -2.36. The number of guanidine groups is 1. The average molecular weight is 529 g/mol. The summed E-state index contributed by atoms with van der Waals surface area (Å²) in [5, 5.41) is 6.55. The van der Waals surface area contributed by atoms with Gasteiger partial charge in [0.1, 0.15) is 0 Å². The van der Waals surface area contributed by atoms with Crippen molar-refractivity contribution in [3.05, 3.63) is 42.0 Å². The van der Waals surface area contributed by atoms with Gasteiger partial charge in [-0.2, -0.15) is 0 Å². The maximum atomic E-state index is 5.70. The van der Waals surface area contributed by atoms with Gasteiger partial charge < -0.3 is 29.6 Å². The Morgan fingerprint density at radius 2 is 1.57 bits per heavy atom. The second kappa shape index (κ2) is 13.8. The van der Waals surface area contributed by atoms with Gasteiger partial charge in [-0.05, 0) is 43.2 Å². The smallest absolute Gasteiger partial charge is 0.195 e. The first-order chi connectivity index (χ1) is 14.1. The van der Waals surface area contributed by atoms with Crippen LogP contribution in [0.2, 0.25) is 0 Å². The van der Waals surface area contributed by atoms with Crippen molar-refractivity contribution in [1.29, 1.82) is 0 Å². The minimum absolute atomic E-state index is 0. The van der Waals surface area contributed by atoms with Gasteiger partial charge in [0.15, 0.2) is 29.0 Å². The van der Waals surface area contributed by atoms with E-state index in [0.29, 0.717) is 37.2 Å². The molecule has 0 spiro atoms. The molecule has 0 radical (unpaired) electrons. The summed E-state index contributed by atoms with van der Waals surface area (Å²) in [5.41, 5.74) is 1.90. The van der Waals surface area contributed by atoms with Crippen LogP contribution in [0.1, 0.15) is 25.8 Å². The highest BCUT2D eigenvalue weighted by Crippen LogP contribution is 2.30. The molecule has 7 nitrogen and oxygen atoms in total. The zero-order valence-electron chi connectivity index (χ0n) is 18.3. The molecule has 2 aromatic carbocycles. The lowest BCUT2D eigenvalue weighted by molar-refractivity contribution is 0.294. The molecule has 2 N–H and O–H groups in total. The summed E-state index contributed by atoms with van der Waals surface area (Å²) >= 11 is 0. The fraction of sp³-hybridized carbons (Fsp3) is 0.409. The highest BCUT2D eigenvalue weighted by molar-refractivity contribution is 14.0. The molecule has 0 saturated carbocycles. The van der Waals surface area contributed by atoms with Gasteiger partial charge in [0.25, 0.3) is 0 Å². The van der Waals surface area contributed by atoms with Crippen LogP contribution in [0.3, 0.4) is 0 Å². The van der Waals surface area contributed by atoms with Gasteiger partial charge in [0, 0.05) is 25.3 Å². The normalized spacial score (nSPS) is 10.6. The van der Waals surface area contributed by atoms with Crippen LogP contribution in [0.15, 0.2) is 41.4 Å². The molecule has 0 atom stereocenters. The van der Waals surface area contributed by atoms with Gasteiger partial charge in [-0.15, -0.1) is 24.0 Å². The number of halogens is 1. The standard InChI is InChI=1S/C22H31N3O4.HI/c1-6-12-29-19-10-8-16(13-20(19)26-4)15-24-22(23-3)25-17-9-11-18(28-7-2)21(14-17)27-5;/h8-11,13-14H,6-7,12,15H2,1-5H3,(H2,23,24,25);1H. The number of hydrogen-bond acceptors (Lipinski definition) is 5. The molecule has 0 aliphatic heterocycles. The summed E-state index contributed by atoms with van der Waals surface area (Å²) in [4.78, 5) is 4.28. The van der Waals surface area contributed by atoms with Crippen molar-refractivity contribution >= 4 is 35.6 Å². The van der Waals surface area contributed by atoms with Gasteiger partial charge in [0.05, 0.1) is 27.4 Å². The Balaban J connectivity index is 0.00000450. The third-order valence-electron chi connectivity index (χ3n) is 4.10. The van der Waals surface area contributed by atoms with Crippen LogP contribution in [0.4, 0.5) is 5.69 Å². The van der Waals surface area contributed by atoms with Crippen LogP contribution in [-0.2, 0) is 6.54 Å². The predicted molar refractivity (Wildman–Crippen MR) is 132 cm³/mol. The molecule has 166 valence electrons. The zero-order chi connectivity index (χ0) is 21.1. The van der Waals surface area contributed by atoms with E-state index in [-0.39, 0.29) is 24.0 Å². The van der Waals surface area contributed by atoms with Crippen LogP contribution < -0.4 is 29.6 Å². The lowest BCUT2D eigenvalue weighted by Gasteiger charge is -2.15. The number of methoxy groups -OCH3 is 2. The summed E-state index contributed by atoms with van der Waals surface area (Å²) < 4.78 is 22.1. The van der Waals surface area contributed by atoms with Crippen LogP contribution in [0.25, 0.3) is 0 Å². The first-order valence-corrected chi connectivity index (χ1v) is 9.73. The van der Waals surface area contributed by atoms with Gasteiger partial charge in [-0.25, -0.2) is 0 Å². The molecule has 0 saturated heterocycles. The highest BCUT2D eigenvalue weighted by atomic mass is 127. The molecule has 0 heterocycles. The molecule has 0 aromatic heterocycles. The number of hydrogen-bond donors (Lipinski definition) is 2. The van der Waals surface area contributed by atoms with E-state index in [0.717, 1.165) is 29.2 Å². The maximum absolute atomic E-state index is 5.70. The van der Waals surface area contributed by atoms with Crippen molar-refractivity contribution in [2.24, 2.45) is 4.99 Å². The Labute approximate surface area is 196 Å². The summed E-state index contributed by atoms with van der Waals surface area (Å²) in [7, 11) is 4.99. The van der Waals surface area contributed by atoms with E-state index in [2.05, 4.69) is 22.5 Å². The van der Waals surface area contributed by atoms with Crippen LogP contribution in [-0.4, -0.2) is 40.4 Å². The van der Waals surface area contributed by atoms with Crippen molar-refractivity contribution in [2.45, 2.75) is 26.8 Å². The molecule has 0 bridgehead atoms. The summed E-state index contributed by atoms with van der Waals surface area (Å²) in [6, 6.07) is 11.6. The number of ether oxygens (including phenoxy) is 4. The van der Waals surface area contributed by atoms with E-state index in [4.69, 9.17) is 18.9 Å². The van der Waals surface area contributed by atoms with Crippen LogP contribution in [0.5, 0.6) is 23.0 Å². The number of nitrogens with zero attached hydrogens (tertiary/aromatic N) is 1. The van der Waals surface area contributed by atoms with Gasteiger partial charge in [0.2, 0.25) is 0 Å². The summed E-state index contributed by atoms with van der Waals surface area (Å²) in [6.07, 6.45) is 0.949. The number of aliphatic imine (C=N–C) groups is 1. The number of nitrogens with one attached hydrogen (secondary N) is 2. The minimum Gasteiger partial charge on any atom is -0.493 e. The van der Waals surface area contributed by atoms with Crippen LogP contribution >= 0.6 is 24.0 Å². The zero-order valence-corrected chi connectivity index (χ0v) is 20.6. The lowest BCUT2D eigenvalue weighted by atomic mass is 10.2. The fourth-order valence-electron chi connectivity index (χ4n) is 2.67. The van der Waals surface area contributed by atoms with E-state index in [1.807, 2.05) is 43.3 Å². The Kier molecular flexibility index (Phi) is 11.8. The van der Waals surface area contributed by atoms with Gasteiger partial charge >= 0.3 is 0 Å². The molecular weight excluding hydrogens is 497 g/mol. The molecule has 8 heteroatoms. The molecule has 0 unspecified atom stereocenters. The Morgan fingerprint density at radius 3 is 2.20 bits per heavy atom. The SMILES string of the molecule is CCCOc1ccc(CNC(=NC)Nc2ccc(OCC)c(OC)c2)cc1OC.I. The first-order valence-electron chi connectivity index (χ1n) is 9.73. The fourth-order valence-corrected chi connectivity index (χ4v) is 2.67. The van der Waals surface area contributed by atoms with E-state index in [9.17, 15) is 0 Å². The van der Waals surface area contributed by atoms with Crippen LogP contribution in [0, 0.1) is 0 Å². The summed E-state index contributed by atoms with van der Waals surface area (Å²) in [5.74, 6) is 3.49. The van der Waals surface area contributed by atoms with Crippen molar-refractivity contribution in [1.82, 2.24) is 5.32 Å². The molecule has 2 rings (SSSR count). The van der Waals surface area contributed by atoms with E-state index in [1.165, 1.54) is 0 Å². The van der Waals surface area contributed by atoms with E-state index < -0.39 is 0 Å². The second-order valence-corrected chi connectivity index (χ2v) is 6.18. The van der Waals surface area contributed by atoms with Crippen molar-refractivity contribution in [3.63, 3.8) is 0 Å². The van der Waals surface area contributed by atoms with Gasteiger partial charge in [-0.3, -0.25) is 4.99 Å². The number of benzene rings is 2. The lowest BCUT2D eigenvalue weighted by Crippen LogP contribution is -2.30. The number of rotatable bonds is 10. The maximum Gasteiger partial charge on any atom is 0.195 e. The number of anilines is 1. The molecule has 0 amide bonds. The molecule has 0 fully saturated rings. The molecular formula is C22H32IN3O4. The topological polar surface area (TPSA) is 73.3 Å². The predicted octanol–water partition coefficient (Wildman–Crippen LogP) is 4.70. The third-order valence-corrected chi connectivity index (χ3v) is 4.10. The van der Waals surface area contributed by atoms with Crippen molar-refractivity contribution < 1.29 is 18.9 Å². The van der Waals surface area contributed by atoms with E-state index >= 15 is 0 Å². The van der Waals surface area contributed by atoms with Crippen molar-refractivity contribution in [3.8, 4) is 23.0 Å².